The summed E-state index contributed by atoms with van der Waals surface area (Å²) in [4.78, 5) is 56.8. The molecule has 2 atom stereocenters. The van der Waals surface area contributed by atoms with Gasteiger partial charge in [0.1, 0.15) is 6.23 Å². The van der Waals surface area contributed by atoms with Crippen molar-refractivity contribution in [3.63, 3.8) is 0 Å². The van der Waals surface area contributed by atoms with Gasteiger partial charge >= 0.3 is 13.1 Å². The van der Waals surface area contributed by atoms with Crippen LogP contribution in [0.3, 0.4) is 0 Å². The number of nitrogens with one attached hydrogen (secondary N) is 1. The molecule has 4 aromatic rings. The predicted molar refractivity (Wildman–Crippen MR) is 175 cm³/mol. The number of carboxylic acids is 1. The molecule has 3 heterocycles. The Hall–Kier alpha value is -5.04. The number of aliphatic hydroxyl groups excluding tert-OH is 1. The van der Waals surface area contributed by atoms with E-state index in [1.54, 1.807) is 54.7 Å². The molecule has 2 aromatic heterocycles. The minimum Gasteiger partial charge on any atom is -0.481 e. The zero-order valence-electron chi connectivity index (χ0n) is 24.9. The van der Waals surface area contributed by atoms with Gasteiger partial charge in [-0.1, -0.05) is 36.0 Å². The minimum absolute atomic E-state index is 0.0227. The first-order chi connectivity index (χ1) is 22.5. The van der Waals surface area contributed by atoms with Gasteiger partial charge in [-0.3, -0.25) is 14.4 Å². The number of hydrogen-bond acceptors (Lipinski definition) is 14. The predicted octanol–water partition coefficient (Wildman–Crippen LogP) is -0.0788. The molecule has 0 spiro atoms. The van der Waals surface area contributed by atoms with Crippen LogP contribution in [0, 0.1) is 0 Å². The van der Waals surface area contributed by atoms with Crippen molar-refractivity contribution in [3.05, 3.63) is 71.5 Å². The number of carbonyl (C=O) groups is 3. The second-order valence-electron chi connectivity index (χ2n) is 10.8. The van der Waals surface area contributed by atoms with Gasteiger partial charge in [0.05, 0.1) is 24.5 Å². The van der Waals surface area contributed by atoms with Crippen molar-refractivity contribution < 1.29 is 34.6 Å². The standard InChI is InChI=1S/C29H32BN9O7S/c31-24-23-25(37-28(32)36-24)33-13-19(34-23)15-38(14-16-1-5-18(6-2-16)30(45)46)20-7-3-17(4-8-20)26(42)35-21(9-10-22(40)41)27(43)39-11-12-47-29(39)44/h1-8,13,21,27,43,45-46H,9-12,14-15H2,(H,35,42)(H,40,41)(H4,31,32,33,36,37). The molecule has 1 saturated heterocycles. The Morgan fingerprint density at radius 1 is 1.04 bits per heavy atom. The molecule has 0 aliphatic carbocycles. The maximum absolute atomic E-state index is 13.2. The van der Waals surface area contributed by atoms with E-state index in [9.17, 15) is 34.6 Å². The number of anilines is 3. The van der Waals surface area contributed by atoms with Crippen molar-refractivity contribution in [2.75, 3.05) is 28.7 Å². The number of hydrogen-bond donors (Lipinski definition) is 7. The van der Waals surface area contributed by atoms with E-state index in [4.69, 9.17) is 11.5 Å². The van der Waals surface area contributed by atoms with Gasteiger partial charge in [-0.25, -0.2) is 9.97 Å². The fraction of sp³-hybridized carbons (Fsp3) is 0.276. The number of rotatable bonds is 13. The number of thioether (sulfide) groups is 1. The van der Waals surface area contributed by atoms with Crippen LogP contribution in [0.4, 0.5) is 22.2 Å². The van der Waals surface area contributed by atoms with E-state index >= 15 is 0 Å². The number of benzene rings is 2. The molecule has 1 aliphatic heterocycles. The Balaban J connectivity index is 1.38. The van der Waals surface area contributed by atoms with Crippen LogP contribution in [0.5, 0.6) is 0 Å². The van der Waals surface area contributed by atoms with Crippen LogP contribution in [-0.4, -0.2) is 93.9 Å². The van der Waals surface area contributed by atoms with Gasteiger partial charge in [0.25, 0.3) is 11.1 Å². The van der Waals surface area contributed by atoms with Crippen molar-refractivity contribution in [2.45, 2.75) is 38.2 Å². The highest BCUT2D eigenvalue weighted by Gasteiger charge is 2.34. The van der Waals surface area contributed by atoms with E-state index in [1.165, 1.54) is 4.90 Å². The molecule has 9 N–H and O–H groups in total. The SMILES string of the molecule is Nc1nc(N)c2nc(CN(Cc3ccc(B(O)O)cc3)c3ccc(C(=O)NC(CCC(=O)O)C(O)N4CCSC4=O)cc3)cnc2n1. The molecule has 16 nitrogen and oxygen atoms in total. The highest BCUT2D eigenvalue weighted by Crippen LogP contribution is 2.24. The van der Waals surface area contributed by atoms with Crippen molar-refractivity contribution in [1.82, 2.24) is 30.2 Å². The summed E-state index contributed by atoms with van der Waals surface area (Å²) in [5.41, 5.74) is 14.9. The summed E-state index contributed by atoms with van der Waals surface area (Å²) in [7, 11) is -1.60. The number of carbonyl (C=O) groups excluding carboxylic acids is 2. The lowest BCUT2D eigenvalue weighted by Crippen LogP contribution is -2.52. The average Bonchev–Trinajstić information content (AvgIpc) is 3.48. The van der Waals surface area contributed by atoms with E-state index in [0.717, 1.165) is 17.3 Å². The average molecular weight is 662 g/mol. The summed E-state index contributed by atoms with van der Waals surface area (Å²) in [6.07, 6.45) is -0.233. The normalized spacial score (nSPS) is 14.2. The van der Waals surface area contributed by atoms with Crippen molar-refractivity contribution in [1.29, 1.82) is 0 Å². The van der Waals surface area contributed by atoms with Crippen LogP contribution >= 0.6 is 11.8 Å². The van der Waals surface area contributed by atoms with Gasteiger partial charge in [-0.15, -0.1) is 0 Å². The first-order valence-corrected chi connectivity index (χ1v) is 15.5. The third kappa shape index (κ3) is 8.22. The smallest absolute Gasteiger partial charge is 0.481 e. The summed E-state index contributed by atoms with van der Waals surface area (Å²) in [6.45, 7) is 0.882. The monoisotopic (exact) mass is 661 g/mol. The third-order valence-electron chi connectivity index (χ3n) is 7.46. The van der Waals surface area contributed by atoms with Crippen molar-refractivity contribution in [3.8, 4) is 0 Å². The van der Waals surface area contributed by atoms with Crippen LogP contribution in [0.2, 0.25) is 0 Å². The Morgan fingerprint density at radius 2 is 1.77 bits per heavy atom. The topological polar surface area (TPSA) is 254 Å². The first kappa shape index (κ1) is 33.3. The number of fused-ring (bicyclic) bond motifs is 1. The zero-order valence-corrected chi connectivity index (χ0v) is 25.7. The summed E-state index contributed by atoms with van der Waals surface area (Å²) in [5, 5.41) is 41.4. The molecule has 244 valence electrons. The molecule has 2 unspecified atom stereocenters. The van der Waals surface area contributed by atoms with Gasteiger partial charge < -0.3 is 46.8 Å². The van der Waals surface area contributed by atoms with Crippen LogP contribution in [0.25, 0.3) is 11.2 Å². The molecule has 1 aliphatic rings. The lowest BCUT2D eigenvalue weighted by atomic mass is 9.80. The van der Waals surface area contributed by atoms with Crippen molar-refractivity contribution >= 4 is 70.1 Å². The molecule has 0 saturated carbocycles. The summed E-state index contributed by atoms with van der Waals surface area (Å²) < 4.78 is 0. The fourth-order valence-electron chi connectivity index (χ4n) is 5.02. The number of nitrogens with zero attached hydrogens (tertiary/aromatic N) is 6. The van der Waals surface area contributed by atoms with Crippen LogP contribution in [0.15, 0.2) is 54.7 Å². The van der Waals surface area contributed by atoms with Crippen LogP contribution in [0.1, 0.15) is 34.5 Å². The molecule has 1 fully saturated rings. The lowest BCUT2D eigenvalue weighted by Gasteiger charge is -2.30. The number of aromatic nitrogens is 4. The lowest BCUT2D eigenvalue weighted by molar-refractivity contribution is -0.137. The highest BCUT2D eigenvalue weighted by molar-refractivity contribution is 8.13. The van der Waals surface area contributed by atoms with E-state index < -0.39 is 31.3 Å². The molecule has 2 aromatic carbocycles. The molecule has 18 heteroatoms. The van der Waals surface area contributed by atoms with Gasteiger partial charge in [0.2, 0.25) is 5.95 Å². The maximum atomic E-state index is 13.2. The summed E-state index contributed by atoms with van der Waals surface area (Å²) in [5.74, 6) is -1.10. The molecule has 5 rings (SSSR count). The van der Waals surface area contributed by atoms with E-state index in [-0.39, 0.29) is 54.1 Å². The number of aliphatic hydroxyl groups is 1. The first-order valence-electron chi connectivity index (χ1n) is 14.5. The summed E-state index contributed by atoms with van der Waals surface area (Å²) >= 11 is 1.04. The second-order valence-corrected chi connectivity index (χ2v) is 11.8. The van der Waals surface area contributed by atoms with Gasteiger partial charge in [0.15, 0.2) is 17.0 Å². The molecule has 47 heavy (non-hydrogen) atoms. The van der Waals surface area contributed by atoms with Gasteiger partial charge in [-0.2, -0.15) is 9.97 Å². The molecular formula is C29H32BN9O7S. The van der Waals surface area contributed by atoms with Crippen LogP contribution < -0.4 is 27.1 Å². The Morgan fingerprint density at radius 3 is 2.40 bits per heavy atom. The quantitative estimate of drug-likeness (QED) is 0.0925. The summed E-state index contributed by atoms with van der Waals surface area (Å²) in [6, 6.07) is 12.3. The molecule has 2 amide bonds. The van der Waals surface area contributed by atoms with Gasteiger partial charge in [0, 0.05) is 36.5 Å². The minimum atomic E-state index is -1.60. The molecular weight excluding hydrogens is 629 g/mol. The van der Waals surface area contributed by atoms with Crippen LogP contribution in [-0.2, 0) is 17.9 Å². The fourth-order valence-corrected chi connectivity index (χ4v) is 5.85. The highest BCUT2D eigenvalue weighted by atomic mass is 32.2. The number of amides is 2. The van der Waals surface area contributed by atoms with Gasteiger partial charge in [-0.05, 0) is 41.7 Å². The zero-order chi connectivity index (χ0) is 33.7. The number of carboxylic acid groups (broad SMARTS) is 1. The van der Waals surface area contributed by atoms with E-state index in [0.29, 0.717) is 34.7 Å². The number of nitrogen functional groups attached to an aromatic ring is 2. The van der Waals surface area contributed by atoms with E-state index in [2.05, 4.69) is 25.3 Å². The maximum Gasteiger partial charge on any atom is 0.488 e. The Kier molecular flexibility index (Phi) is 10.3. The Labute approximate surface area is 273 Å². The van der Waals surface area contributed by atoms with Crippen molar-refractivity contribution in [2.24, 2.45) is 0 Å². The molecule has 0 bridgehead atoms. The van der Waals surface area contributed by atoms with E-state index in [1.807, 2.05) is 4.90 Å². The largest absolute Gasteiger partial charge is 0.488 e. The third-order valence-corrected chi connectivity index (χ3v) is 8.33. The second kappa shape index (κ2) is 14.6. The Bertz CT molecular complexity index is 1770. The molecule has 0 radical (unpaired) electrons. The number of aliphatic carboxylic acids is 1. The number of nitrogens with two attached hydrogens (primary N) is 2.